The molecule has 3 aromatic carbocycles. The largest absolute Gasteiger partial charge is 0.423 e. The second kappa shape index (κ2) is 9.67. The first-order chi connectivity index (χ1) is 16.3. The number of amides is 2. The summed E-state index contributed by atoms with van der Waals surface area (Å²) in [5.41, 5.74) is 1.56. The Labute approximate surface area is 204 Å². The van der Waals surface area contributed by atoms with Crippen molar-refractivity contribution in [1.82, 2.24) is 0 Å². The molecular weight excluding hydrogens is 482 g/mol. The van der Waals surface area contributed by atoms with E-state index in [9.17, 15) is 18.8 Å². The molecule has 2 amide bonds. The molecule has 1 heterocycles. The van der Waals surface area contributed by atoms with Gasteiger partial charge in [-0.05, 0) is 60.5 Å². The fourth-order valence-electron chi connectivity index (χ4n) is 3.36. The Morgan fingerprint density at radius 1 is 1.00 bits per heavy atom. The van der Waals surface area contributed by atoms with Crippen LogP contribution in [0.2, 0.25) is 5.02 Å². The van der Waals surface area contributed by atoms with Crippen LogP contribution in [0, 0.1) is 5.82 Å². The number of hydrogen-bond acceptors (Lipinski definition) is 5. The van der Waals surface area contributed by atoms with Crippen LogP contribution in [0.15, 0.2) is 77.5 Å². The Bertz CT molecular complexity index is 1340. The maximum absolute atomic E-state index is 13.5. The predicted octanol–water partition coefficient (Wildman–Crippen LogP) is 5.70. The molecule has 3 aromatic rings. The Morgan fingerprint density at radius 2 is 1.71 bits per heavy atom. The van der Waals surface area contributed by atoms with Crippen LogP contribution >= 0.6 is 23.2 Å². The van der Waals surface area contributed by atoms with Crippen molar-refractivity contribution in [3.05, 3.63) is 99.4 Å². The molecule has 6 nitrogen and oxygen atoms in total. The summed E-state index contributed by atoms with van der Waals surface area (Å²) in [5.74, 6) is -2.22. The van der Waals surface area contributed by atoms with Crippen molar-refractivity contribution in [2.75, 3.05) is 10.2 Å². The Morgan fingerprint density at radius 3 is 2.38 bits per heavy atom. The van der Waals surface area contributed by atoms with Gasteiger partial charge in [0.25, 0.3) is 11.8 Å². The van der Waals surface area contributed by atoms with Crippen molar-refractivity contribution in [2.24, 2.45) is 0 Å². The molecular formula is C25H17Cl2FN2O4. The maximum Gasteiger partial charge on any atom is 0.343 e. The van der Waals surface area contributed by atoms with E-state index < -0.39 is 23.6 Å². The molecule has 1 N–H and O–H groups in total. The monoisotopic (exact) mass is 498 g/mol. The lowest BCUT2D eigenvalue weighted by Gasteiger charge is -2.15. The minimum atomic E-state index is -0.772. The Hall–Kier alpha value is -3.68. The topological polar surface area (TPSA) is 75.7 Å². The molecule has 172 valence electrons. The number of halogens is 3. The summed E-state index contributed by atoms with van der Waals surface area (Å²) in [7, 11) is 0. The highest BCUT2D eigenvalue weighted by Gasteiger charge is 2.39. The van der Waals surface area contributed by atoms with Crippen LogP contribution in [0.25, 0.3) is 0 Å². The quantitative estimate of drug-likeness (QED) is 0.268. The molecule has 0 saturated carbocycles. The number of nitrogens with one attached hydrogen (secondary N) is 1. The molecule has 0 spiro atoms. The zero-order valence-electron chi connectivity index (χ0n) is 17.8. The number of nitrogens with zero attached hydrogens (tertiary/aromatic N) is 1. The van der Waals surface area contributed by atoms with Crippen LogP contribution in [-0.2, 0) is 16.0 Å². The molecule has 0 bridgehead atoms. The molecule has 0 radical (unpaired) electrons. The van der Waals surface area contributed by atoms with E-state index in [0.717, 1.165) is 29.0 Å². The molecule has 4 rings (SSSR count). The van der Waals surface area contributed by atoms with Gasteiger partial charge in [-0.15, -0.1) is 0 Å². The third kappa shape index (κ3) is 4.53. The van der Waals surface area contributed by atoms with Gasteiger partial charge in [-0.2, -0.15) is 0 Å². The number of imide groups is 1. The van der Waals surface area contributed by atoms with E-state index in [0.29, 0.717) is 17.0 Å². The number of benzene rings is 3. The van der Waals surface area contributed by atoms with Crippen LogP contribution in [0.3, 0.4) is 0 Å². The molecule has 0 unspecified atom stereocenters. The van der Waals surface area contributed by atoms with Crippen molar-refractivity contribution in [2.45, 2.75) is 13.3 Å². The maximum atomic E-state index is 13.5. The number of esters is 1. The average Bonchev–Trinajstić information content (AvgIpc) is 3.04. The molecule has 0 aliphatic carbocycles. The molecule has 34 heavy (non-hydrogen) atoms. The van der Waals surface area contributed by atoms with Gasteiger partial charge in [-0.25, -0.2) is 14.1 Å². The van der Waals surface area contributed by atoms with Gasteiger partial charge in [0, 0.05) is 5.69 Å². The summed E-state index contributed by atoms with van der Waals surface area (Å²) >= 11 is 11.9. The summed E-state index contributed by atoms with van der Waals surface area (Å²) in [4.78, 5) is 38.7. The number of anilines is 2. The van der Waals surface area contributed by atoms with Crippen LogP contribution in [0.4, 0.5) is 15.8 Å². The van der Waals surface area contributed by atoms with E-state index in [1.165, 1.54) is 18.2 Å². The molecule has 0 aromatic heterocycles. The smallest absolute Gasteiger partial charge is 0.343 e. The van der Waals surface area contributed by atoms with Gasteiger partial charge in [0.2, 0.25) is 0 Å². The fraction of sp³-hybridized carbons (Fsp3) is 0.0800. The van der Waals surface area contributed by atoms with Gasteiger partial charge < -0.3 is 10.1 Å². The second-order valence-corrected chi connectivity index (χ2v) is 8.07. The van der Waals surface area contributed by atoms with Gasteiger partial charge in [0.1, 0.15) is 22.3 Å². The van der Waals surface area contributed by atoms with Crippen LogP contribution < -0.4 is 15.0 Å². The number of ether oxygens (including phenoxy) is 1. The van der Waals surface area contributed by atoms with Crippen LogP contribution in [0.5, 0.6) is 5.75 Å². The summed E-state index contributed by atoms with van der Waals surface area (Å²) in [6.45, 7) is 1.97. The lowest BCUT2D eigenvalue weighted by molar-refractivity contribution is -0.120. The number of carbonyl (C=O) groups is 3. The Balaban J connectivity index is 1.49. The molecule has 0 atom stereocenters. The summed E-state index contributed by atoms with van der Waals surface area (Å²) in [6, 6.07) is 16.9. The first-order valence-corrected chi connectivity index (χ1v) is 11.0. The van der Waals surface area contributed by atoms with E-state index in [2.05, 4.69) is 5.32 Å². The normalized spacial score (nSPS) is 13.5. The zero-order valence-corrected chi connectivity index (χ0v) is 19.3. The summed E-state index contributed by atoms with van der Waals surface area (Å²) in [5, 5.41) is 2.24. The fourth-order valence-corrected chi connectivity index (χ4v) is 3.75. The number of aryl methyl sites for hydroxylation is 1. The highest BCUT2D eigenvalue weighted by Crippen LogP contribution is 2.32. The first kappa shape index (κ1) is 23.5. The van der Waals surface area contributed by atoms with E-state index in [1.807, 2.05) is 19.1 Å². The molecule has 1 aliphatic heterocycles. The number of para-hydroxylation sites is 1. The van der Waals surface area contributed by atoms with Crippen LogP contribution in [0.1, 0.15) is 22.8 Å². The van der Waals surface area contributed by atoms with E-state index >= 15 is 0 Å². The standard InChI is InChI=1S/C25H17Cl2FN2O4/c1-2-14-5-3-4-6-20(14)34-25(33)15-7-9-16(10-8-15)29-22-21(27)23(31)30(24(22)32)17-11-12-19(28)18(26)13-17/h3-13,29H,2H2,1H3. The number of hydrogen-bond donors (Lipinski definition) is 1. The zero-order chi connectivity index (χ0) is 24.4. The van der Waals surface area contributed by atoms with Crippen molar-refractivity contribution >= 4 is 52.4 Å². The number of carbonyl (C=O) groups excluding carboxylic acids is 3. The lowest BCUT2D eigenvalue weighted by Crippen LogP contribution is -2.32. The minimum absolute atomic E-state index is 0.0850. The average molecular weight is 499 g/mol. The highest BCUT2D eigenvalue weighted by atomic mass is 35.5. The van der Waals surface area contributed by atoms with Gasteiger partial charge >= 0.3 is 5.97 Å². The highest BCUT2D eigenvalue weighted by molar-refractivity contribution is 6.53. The second-order valence-electron chi connectivity index (χ2n) is 7.29. The van der Waals surface area contributed by atoms with Crippen molar-refractivity contribution in [3.8, 4) is 5.75 Å². The minimum Gasteiger partial charge on any atom is -0.423 e. The predicted molar refractivity (Wildman–Crippen MR) is 128 cm³/mol. The van der Waals surface area contributed by atoms with E-state index in [1.54, 1.807) is 24.3 Å². The third-order valence-corrected chi connectivity index (χ3v) is 5.78. The van der Waals surface area contributed by atoms with Crippen molar-refractivity contribution in [3.63, 3.8) is 0 Å². The molecule has 9 heteroatoms. The van der Waals surface area contributed by atoms with Crippen molar-refractivity contribution < 1.29 is 23.5 Å². The van der Waals surface area contributed by atoms with E-state index in [-0.39, 0.29) is 21.4 Å². The van der Waals surface area contributed by atoms with Gasteiger partial charge in [0.15, 0.2) is 0 Å². The summed E-state index contributed by atoms with van der Waals surface area (Å²) < 4.78 is 19.0. The molecule has 0 saturated heterocycles. The molecule has 0 fully saturated rings. The first-order valence-electron chi connectivity index (χ1n) is 10.2. The number of rotatable bonds is 6. The van der Waals surface area contributed by atoms with Crippen LogP contribution in [-0.4, -0.2) is 17.8 Å². The third-order valence-electron chi connectivity index (χ3n) is 5.13. The van der Waals surface area contributed by atoms with Gasteiger partial charge in [-0.1, -0.05) is 48.3 Å². The SMILES string of the molecule is CCc1ccccc1OC(=O)c1ccc(NC2=C(Cl)C(=O)N(c3ccc(F)c(Cl)c3)C2=O)cc1. The van der Waals surface area contributed by atoms with Gasteiger partial charge in [-0.3, -0.25) is 9.59 Å². The van der Waals surface area contributed by atoms with Gasteiger partial charge in [0.05, 0.1) is 16.3 Å². The van der Waals surface area contributed by atoms with E-state index in [4.69, 9.17) is 27.9 Å². The van der Waals surface area contributed by atoms with Crippen molar-refractivity contribution in [1.29, 1.82) is 0 Å². The Kier molecular flexibility index (Phi) is 6.68. The lowest BCUT2D eigenvalue weighted by atomic mass is 10.1. The molecule has 1 aliphatic rings. The summed E-state index contributed by atoms with van der Waals surface area (Å²) in [6.07, 6.45) is 0.718.